The number of nitrogens with one attached hydrogen (secondary N) is 2. The van der Waals surface area contributed by atoms with Gasteiger partial charge in [-0.15, -0.1) is 17.8 Å². The van der Waals surface area contributed by atoms with Gasteiger partial charge in [0.05, 0.1) is 18.8 Å². The van der Waals surface area contributed by atoms with Crippen molar-refractivity contribution in [1.82, 2.24) is 15.2 Å². The molecule has 12 nitrogen and oxygen atoms in total. The molecule has 1 unspecified atom stereocenters. The number of benzene rings is 3. The van der Waals surface area contributed by atoms with Crippen molar-refractivity contribution in [2.24, 2.45) is 0 Å². The number of phenolic OH excluding ortho intramolecular Hbond substituents is 1. The molecule has 276 valence electrons. The third-order valence-corrected chi connectivity index (χ3v) is 13.6. The Hall–Kier alpha value is -4.43. The Morgan fingerprint density at radius 2 is 1.92 bits per heavy atom. The fraction of sp³-hybridized carbons (Fsp3) is 0.450. The summed E-state index contributed by atoms with van der Waals surface area (Å²) in [7, 11) is 1.57. The maximum atomic E-state index is 14.7. The van der Waals surface area contributed by atoms with Crippen LogP contribution in [0.2, 0.25) is 0 Å². The highest BCUT2D eigenvalue weighted by Crippen LogP contribution is 2.64. The highest BCUT2D eigenvalue weighted by molar-refractivity contribution is 7.99. The Bertz CT molecular complexity index is 2270. The van der Waals surface area contributed by atoms with Gasteiger partial charge in [0.1, 0.15) is 12.4 Å². The molecule has 7 aliphatic rings. The van der Waals surface area contributed by atoms with Crippen LogP contribution in [0.1, 0.15) is 74.5 Å². The van der Waals surface area contributed by atoms with Crippen LogP contribution in [0, 0.1) is 20.8 Å². The van der Waals surface area contributed by atoms with E-state index in [1.807, 2.05) is 13.8 Å². The van der Waals surface area contributed by atoms with Crippen molar-refractivity contribution in [2.75, 3.05) is 39.4 Å². The molecule has 0 amide bonds. The smallest absolute Gasteiger partial charge is 0.333 e. The van der Waals surface area contributed by atoms with Gasteiger partial charge in [0.25, 0.3) is 0 Å². The predicted molar refractivity (Wildman–Crippen MR) is 197 cm³/mol. The van der Waals surface area contributed by atoms with E-state index >= 15 is 0 Å². The lowest BCUT2D eigenvalue weighted by atomic mass is 9.74. The van der Waals surface area contributed by atoms with Gasteiger partial charge in [-0.2, -0.15) is 0 Å². The number of carbonyl (C=O) groups excluding carboxylic acids is 2. The van der Waals surface area contributed by atoms with Crippen molar-refractivity contribution in [3.63, 3.8) is 0 Å². The molecule has 3 N–H and O–H groups in total. The number of phenols is 1. The van der Waals surface area contributed by atoms with E-state index in [1.165, 1.54) is 6.92 Å². The van der Waals surface area contributed by atoms with E-state index in [4.69, 9.17) is 29.0 Å². The number of fused-ring (bicyclic) bond motifs is 11. The molecule has 4 aromatic rings. The lowest BCUT2D eigenvalue weighted by Gasteiger charge is -2.64. The molecule has 11 rings (SSSR count). The van der Waals surface area contributed by atoms with Crippen molar-refractivity contribution in [3.8, 4) is 28.7 Å². The molecule has 4 bridgehead atoms. The van der Waals surface area contributed by atoms with Crippen LogP contribution in [-0.4, -0.2) is 78.4 Å². The quantitative estimate of drug-likeness (QED) is 0.174. The van der Waals surface area contributed by atoms with Gasteiger partial charge in [-0.3, -0.25) is 15.0 Å². The first-order chi connectivity index (χ1) is 25.6. The third kappa shape index (κ3) is 4.60. The number of rotatable bonds is 2. The number of H-pyrrole nitrogens is 1. The summed E-state index contributed by atoms with van der Waals surface area (Å²) in [5.74, 6) is 1.61. The van der Waals surface area contributed by atoms with Crippen LogP contribution in [-0.2, 0) is 32.7 Å². The molecule has 1 spiro atoms. The fourth-order valence-electron chi connectivity index (χ4n) is 10.0. The number of hydrogen-bond acceptors (Lipinski definition) is 11. The molecule has 53 heavy (non-hydrogen) atoms. The molecule has 0 aliphatic carbocycles. The topological polar surface area (TPSA) is 146 Å². The highest BCUT2D eigenvalue weighted by Gasteiger charge is 2.55. The minimum absolute atomic E-state index is 0.0195. The summed E-state index contributed by atoms with van der Waals surface area (Å²) in [5, 5.41) is 21.6. The predicted octanol–water partition coefficient (Wildman–Crippen LogP) is 5.61. The number of carbonyl (C=O) groups is 2. The maximum absolute atomic E-state index is 14.7. The minimum Gasteiger partial charge on any atom is -0.650 e. The van der Waals surface area contributed by atoms with E-state index in [1.54, 1.807) is 18.9 Å². The summed E-state index contributed by atoms with van der Waals surface area (Å²) in [6.45, 7) is 8.57. The minimum atomic E-state index is -1.18. The van der Waals surface area contributed by atoms with Crippen LogP contribution in [0.15, 0.2) is 24.3 Å². The van der Waals surface area contributed by atoms with Gasteiger partial charge in [-0.05, 0) is 74.5 Å². The second-order valence-corrected chi connectivity index (χ2v) is 16.3. The average Bonchev–Trinajstić information content (AvgIpc) is 3.77. The van der Waals surface area contributed by atoms with E-state index in [-0.39, 0.29) is 37.2 Å². The van der Waals surface area contributed by atoms with E-state index in [0.29, 0.717) is 53.8 Å². The molecule has 0 saturated carbocycles. The Morgan fingerprint density at radius 1 is 1.09 bits per heavy atom. The van der Waals surface area contributed by atoms with Gasteiger partial charge < -0.3 is 39.1 Å². The largest absolute Gasteiger partial charge is 0.650 e. The number of hydrogen-bond donors (Lipinski definition) is 3. The normalized spacial score (nSPS) is 28.2. The van der Waals surface area contributed by atoms with Gasteiger partial charge in [-0.1, -0.05) is 23.7 Å². The number of esters is 2. The number of methoxy groups -OCH3 is 1. The summed E-state index contributed by atoms with van der Waals surface area (Å²) >= 11 is 1.62. The maximum Gasteiger partial charge on any atom is 0.333 e. The zero-order valence-corrected chi connectivity index (χ0v) is 31.1. The lowest BCUT2D eigenvalue weighted by Crippen LogP contribution is -2.60. The molecule has 2 fully saturated rings. The molecule has 7 aliphatic heterocycles. The Morgan fingerprint density at radius 3 is 2.74 bits per heavy atom. The van der Waals surface area contributed by atoms with E-state index in [0.717, 1.165) is 62.0 Å². The molecule has 0 radical (unpaired) electrons. The molecule has 2 saturated heterocycles. The zero-order valence-electron chi connectivity index (χ0n) is 30.3. The number of aryl methyl sites for hydroxylation is 2. The van der Waals surface area contributed by atoms with Crippen LogP contribution < -0.4 is 24.3 Å². The lowest BCUT2D eigenvalue weighted by molar-refractivity contribution is -0.154. The molecule has 1 aromatic heterocycles. The van der Waals surface area contributed by atoms with Crippen LogP contribution in [0.4, 0.5) is 0 Å². The number of thioether (sulfide) groups is 1. The number of aromatic hydroxyl groups is 1. The van der Waals surface area contributed by atoms with Gasteiger partial charge in [0.2, 0.25) is 6.79 Å². The standard InChI is InChI=1S/C40H41N4O8S/c1-17-6-7-25-24(10-17)23-8-9-41-40(38(23)43-25)15-53-37-29-28(36-35(50-16-51-36)19(3)34(29)52-20(4)45)26(14-49-39(40)47)44-13-22-12-21-11-18(2)33(48-5)32(46)27(21)30(42-22)31(37)44/h6-7,10-11,22,26,30-31,37,41,43,46H,8-9,12-16H2,1-5H3/q-1/t22-,26-,30+,31?,37+,40+/m0/s1. The second kappa shape index (κ2) is 11.8. The van der Waals surface area contributed by atoms with Crippen molar-refractivity contribution in [3.05, 3.63) is 79.8 Å². The Labute approximate surface area is 310 Å². The first-order valence-corrected chi connectivity index (χ1v) is 19.3. The number of piperazine rings is 1. The summed E-state index contributed by atoms with van der Waals surface area (Å²) in [6, 6.07) is 7.13. The van der Waals surface area contributed by atoms with Crippen molar-refractivity contribution >= 4 is 34.6 Å². The molecular formula is C40H41N4O8S-. The average molecular weight is 738 g/mol. The molecule has 3 aromatic carbocycles. The zero-order chi connectivity index (χ0) is 36.5. The van der Waals surface area contributed by atoms with Crippen molar-refractivity contribution in [1.29, 1.82) is 0 Å². The monoisotopic (exact) mass is 737 g/mol. The summed E-state index contributed by atoms with van der Waals surface area (Å²) < 4.78 is 30.7. The van der Waals surface area contributed by atoms with Crippen LogP contribution in [0.3, 0.4) is 0 Å². The Kier molecular flexibility index (Phi) is 7.37. The number of nitrogens with zero attached hydrogens (tertiary/aromatic N) is 2. The van der Waals surface area contributed by atoms with Crippen LogP contribution in [0.25, 0.3) is 16.2 Å². The highest BCUT2D eigenvalue weighted by atomic mass is 32.2. The van der Waals surface area contributed by atoms with Crippen LogP contribution in [0.5, 0.6) is 28.7 Å². The van der Waals surface area contributed by atoms with Gasteiger partial charge in [0.15, 0.2) is 28.5 Å². The number of aromatic nitrogens is 1. The van der Waals surface area contributed by atoms with Gasteiger partial charge in [0, 0.05) is 58.1 Å². The Balaban J connectivity index is 1.21. The molecule has 13 heteroatoms. The van der Waals surface area contributed by atoms with Crippen molar-refractivity contribution < 1.29 is 38.4 Å². The SMILES string of the molecule is COc1c(C)cc2c(c1O)[C@H]1[N-][C@@H](C2)CN2C1[C@@H]1SC[C@]3(NCCc4c3[nH]c3ccc(C)cc43)C(=O)OC[C@H]2c2c3c(c(C)c(OC(C)=O)c21)OCO3. The summed E-state index contributed by atoms with van der Waals surface area (Å²) in [5.41, 5.74) is 7.87. The van der Waals surface area contributed by atoms with E-state index < -0.39 is 28.8 Å². The molecule has 6 atom stereocenters. The van der Waals surface area contributed by atoms with Gasteiger partial charge in [-0.25, -0.2) is 4.79 Å². The van der Waals surface area contributed by atoms with Gasteiger partial charge >= 0.3 is 11.9 Å². The first kappa shape index (κ1) is 33.2. The van der Waals surface area contributed by atoms with E-state index in [2.05, 4.69) is 46.4 Å². The number of ether oxygens (including phenoxy) is 5. The first-order valence-electron chi connectivity index (χ1n) is 18.2. The second-order valence-electron chi connectivity index (χ2n) is 15.2. The number of aromatic amines is 1. The summed E-state index contributed by atoms with van der Waals surface area (Å²) in [4.78, 5) is 33.6. The summed E-state index contributed by atoms with van der Waals surface area (Å²) in [6.07, 6.45) is 1.42. The van der Waals surface area contributed by atoms with Crippen LogP contribution >= 0.6 is 11.8 Å². The third-order valence-electron chi connectivity index (χ3n) is 12.2. The van der Waals surface area contributed by atoms with Crippen molar-refractivity contribution in [2.45, 2.75) is 75.5 Å². The molecular weight excluding hydrogens is 697 g/mol. The molecule has 8 heterocycles. The fourth-order valence-corrected chi connectivity index (χ4v) is 11.7. The van der Waals surface area contributed by atoms with E-state index in [9.17, 15) is 14.7 Å².